The van der Waals surface area contributed by atoms with Crippen LogP contribution in [0.15, 0.2) is 6.07 Å². The Hall–Kier alpha value is -2.53. The van der Waals surface area contributed by atoms with Crippen molar-refractivity contribution in [3.05, 3.63) is 15.8 Å². The molecule has 7 nitrogen and oxygen atoms in total. The van der Waals surface area contributed by atoms with Crippen LogP contribution in [0.2, 0.25) is 0 Å². The van der Waals surface area contributed by atoms with Crippen LogP contribution in [0.5, 0.6) is 0 Å². The second-order valence-electron chi connectivity index (χ2n) is 7.78. The van der Waals surface area contributed by atoms with Crippen molar-refractivity contribution in [2.75, 3.05) is 12.0 Å². The molecule has 28 heavy (non-hydrogen) atoms. The van der Waals surface area contributed by atoms with Crippen LogP contribution in [0.25, 0.3) is 0 Å². The lowest BCUT2D eigenvalue weighted by Crippen LogP contribution is -2.44. The number of rotatable bonds is 5. The average molecular weight is 407 g/mol. The molecule has 2 N–H and O–H groups in total. The van der Waals surface area contributed by atoms with Crippen LogP contribution in [0.1, 0.15) is 61.0 Å². The number of nitrogens with one attached hydrogen (secondary N) is 1. The summed E-state index contributed by atoms with van der Waals surface area (Å²) in [6, 6.07) is 1.55. The van der Waals surface area contributed by atoms with E-state index in [1.165, 1.54) is 12.0 Å². The van der Waals surface area contributed by atoms with E-state index < -0.39 is 12.1 Å². The molecule has 0 bridgehead atoms. The van der Waals surface area contributed by atoms with Gasteiger partial charge in [-0.15, -0.1) is 11.3 Å². The number of methoxy groups -OCH3 is 1. The van der Waals surface area contributed by atoms with E-state index in [0.29, 0.717) is 42.7 Å². The van der Waals surface area contributed by atoms with E-state index in [2.05, 4.69) is 21.9 Å². The zero-order valence-corrected chi connectivity index (χ0v) is 17.4. The minimum absolute atomic E-state index is 0.00756. The zero-order valence-electron chi connectivity index (χ0n) is 16.6. The number of aromatic carboxylic acids is 1. The number of ether oxygens (including phenoxy) is 1. The van der Waals surface area contributed by atoms with E-state index in [0.717, 1.165) is 11.3 Å². The average Bonchev–Trinajstić information content (AvgIpc) is 3.06. The van der Waals surface area contributed by atoms with Gasteiger partial charge in [0.15, 0.2) is 0 Å². The highest BCUT2D eigenvalue weighted by atomic mass is 32.1. The highest BCUT2D eigenvalue weighted by Crippen LogP contribution is 2.34. The maximum absolute atomic E-state index is 11.8. The first-order valence-electron chi connectivity index (χ1n) is 9.13. The van der Waals surface area contributed by atoms with Gasteiger partial charge in [0.25, 0.3) is 0 Å². The topological polar surface area (TPSA) is 95.9 Å². The predicted octanol–water partition coefficient (Wildman–Crippen LogP) is 3.47. The molecule has 0 unspecified atom stereocenters. The molecule has 1 aromatic rings. The van der Waals surface area contributed by atoms with Gasteiger partial charge >= 0.3 is 12.1 Å². The highest BCUT2D eigenvalue weighted by Gasteiger charge is 2.30. The summed E-state index contributed by atoms with van der Waals surface area (Å²) in [5.41, 5.74) is 0.179. The first-order chi connectivity index (χ1) is 13.1. The molecule has 0 radical (unpaired) electrons. The number of anilines is 1. The van der Waals surface area contributed by atoms with Crippen LogP contribution < -0.4 is 10.2 Å². The van der Waals surface area contributed by atoms with E-state index >= 15 is 0 Å². The van der Waals surface area contributed by atoms with Crippen molar-refractivity contribution in [1.82, 2.24) is 5.32 Å². The Morgan fingerprint density at radius 1 is 1.32 bits per heavy atom. The minimum atomic E-state index is -1.07. The summed E-state index contributed by atoms with van der Waals surface area (Å²) in [6.45, 7) is 5.93. The molecule has 0 aliphatic heterocycles. The van der Waals surface area contributed by atoms with Crippen LogP contribution in [0.4, 0.5) is 10.5 Å². The molecule has 0 atom stereocenters. The fourth-order valence-corrected chi connectivity index (χ4v) is 3.95. The summed E-state index contributed by atoms with van der Waals surface area (Å²) in [7, 11) is 1.32. The number of carbonyl (C=O) groups excluding carboxylic acids is 2. The molecule has 0 spiro atoms. The van der Waals surface area contributed by atoms with Crippen molar-refractivity contribution in [3.63, 3.8) is 0 Å². The molecule has 2 rings (SSSR count). The van der Waals surface area contributed by atoms with Crippen molar-refractivity contribution in [1.29, 1.82) is 0 Å². The van der Waals surface area contributed by atoms with Crippen molar-refractivity contribution >= 4 is 35.5 Å². The molecule has 8 heteroatoms. The summed E-state index contributed by atoms with van der Waals surface area (Å²) in [5.74, 6) is 5.04. The Morgan fingerprint density at radius 2 is 1.96 bits per heavy atom. The summed E-state index contributed by atoms with van der Waals surface area (Å²) in [6.07, 6.45) is 2.91. The highest BCUT2D eigenvalue weighted by molar-refractivity contribution is 7.15. The van der Waals surface area contributed by atoms with E-state index in [1.54, 1.807) is 6.07 Å². The van der Waals surface area contributed by atoms with Crippen LogP contribution in [0.3, 0.4) is 0 Å². The molecule has 1 aromatic heterocycles. The first-order valence-corrected chi connectivity index (χ1v) is 9.94. The number of amides is 2. The van der Waals surface area contributed by atoms with Gasteiger partial charge in [-0.3, -0.25) is 4.79 Å². The maximum Gasteiger partial charge on any atom is 0.407 e. The Morgan fingerprint density at radius 3 is 2.46 bits per heavy atom. The number of carboxylic acids is 1. The van der Waals surface area contributed by atoms with Crippen LogP contribution in [-0.2, 0) is 9.53 Å². The van der Waals surface area contributed by atoms with Crippen molar-refractivity contribution < 1.29 is 24.2 Å². The molecule has 152 valence electrons. The predicted molar refractivity (Wildman–Crippen MR) is 108 cm³/mol. The summed E-state index contributed by atoms with van der Waals surface area (Å²) in [4.78, 5) is 37.1. The van der Waals surface area contributed by atoms with Gasteiger partial charge in [0.2, 0.25) is 6.41 Å². The Labute approximate surface area is 169 Å². The third-order valence-electron chi connectivity index (χ3n) is 4.46. The fraction of sp³-hybridized carbons (Fsp3) is 0.550. The van der Waals surface area contributed by atoms with Gasteiger partial charge in [-0.1, -0.05) is 11.8 Å². The van der Waals surface area contributed by atoms with E-state index in [1.807, 2.05) is 20.8 Å². The van der Waals surface area contributed by atoms with Crippen LogP contribution in [-0.4, -0.2) is 42.8 Å². The number of thiophene rings is 1. The van der Waals surface area contributed by atoms with Gasteiger partial charge in [0.05, 0.1) is 17.7 Å². The summed E-state index contributed by atoms with van der Waals surface area (Å²) >= 11 is 1.08. The van der Waals surface area contributed by atoms with Crippen LogP contribution >= 0.6 is 11.3 Å². The summed E-state index contributed by atoms with van der Waals surface area (Å²) in [5, 5.41) is 12.3. The smallest absolute Gasteiger partial charge is 0.407 e. The van der Waals surface area contributed by atoms with Gasteiger partial charge in [-0.25, -0.2) is 9.59 Å². The molecule has 1 fully saturated rings. The lowest BCUT2D eigenvalue weighted by atomic mass is 9.90. The molecule has 1 aliphatic carbocycles. The first kappa shape index (κ1) is 21.8. The largest absolute Gasteiger partial charge is 0.477 e. The Balaban J connectivity index is 2.20. The SMILES string of the molecule is COC(=O)NC1CCC(N(C=O)c2cc(C#CC(C)(C)C)sc2C(=O)O)CC1. The Bertz CT molecular complexity index is 792. The second-order valence-corrected chi connectivity index (χ2v) is 8.84. The molecule has 2 amide bonds. The number of carboxylic acid groups (broad SMARTS) is 1. The van der Waals surface area contributed by atoms with Crippen LogP contribution in [0, 0.1) is 17.3 Å². The second kappa shape index (κ2) is 9.11. The molecular formula is C20H26N2O5S. The van der Waals surface area contributed by atoms with Gasteiger partial charge in [0.1, 0.15) is 4.88 Å². The van der Waals surface area contributed by atoms with Crippen molar-refractivity contribution in [3.8, 4) is 11.8 Å². The normalized spacial score (nSPS) is 19.1. The van der Waals surface area contributed by atoms with Gasteiger partial charge in [-0.05, 0) is 52.5 Å². The molecular weight excluding hydrogens is 380 g/mol. The molecule has 1 aliphatic rings. The molecule has 1 saturated carbocycles. The van der Waals surface area contributed by atoms with E-state index in [4.69, 9.17) is 0 Å². The maximum atomic E-state index is 11.8. The molecule has 0 aromatic carbocycles. The third-order valence-corrected chi connectivity index (χ3v) is 5.48. The monoisotopic (exact) mass is 406 g/mol. The third kappa shape index (κ3) is 5.73. The minimum Gasteiger partial charge on any atom is -0.477 e. The number of hydrogen-bond acceptors (Lipinski definition) is 5. The fourth-order valence-electron chi connectivity index (χ4n) is 3.10. The molecule has 1 heterocycles. The summed E-state index contributed by atoms with van der Waals surface area (Å²) < 4.78 is 4.62. The van der Waals surface area contributed by atoms with E-state index in [-0.39, 0.29) is 22.4 Å². The number of carbonyl (C=O) groups is 3. The van der Waals surface area contributed by atoms with Gasteiger partial charge < -0.3 is 20.1 Å². The Kier molecular flexibility index (Phi) is 7.08. The molecule has 0 saturated heterocycles. The van der Waals surface area contributed by atoms with Crippen molar-refractivity contribution in [2.24, 2.45) is 5.41 Å². The lowest BCUT2D eigenvalue weighted by molar-refractivity contribution is -0.108. The standard InChI is InChI=1S/C20H26N2O5S/c1-20(2,3)10-9-15-11-16(17(28-15)18(24)25)22(12-23)14-7-5-13(6-8-14)21-19(26)27-4/h11-14H,5-8H2,1-4H3,(H,21,26)(H,24,25). The lowest BCUT2D eigenvalue weighted by Gasteiger charge is -2.34. The van der Waals surface area contributed by atoms with Crippen molar-refractivity contribution in [2.45, 2.75) is 58.5 Å². The number of nitrogens with zero attached hydrogens (tertiary/aromatic N) is 1. The number of hydrogen-bond donors (Lipinski definition) is 2. The zero-order chi connectivity index (χ0) is 20.9. The van der Waals surface area contributed by atoms with E-state index in [9.17, 15) is 19.5 Å². The quantitative estimate of drug-likeness (QED) is 0.577. The van der Waals surface area contributed by atoms with Gasteiger partial charge in [-0.2, -0.15) is 0 Å². The number of alkyl carbamates (subject to hydrolysis) is 1. The van der Waals surface area contributed by atoms with Gasteiger partial charge in [0, 0.05) is 17.5 Å².